The van der Waals surface area contributed by atoms with Crippen molar-refractivity contribution in [2.75, 3.05) is 0 Å². The van der Waals surface area contributed by atoms with E-state index in [4.69, 9.17) is 28.2 Å². The number of hydrogen-bond acceptors (Lipinski definition) is 4. The third kappa shape index (κ3) is 3.68. The first-order chi connectivity index (χ1) is 12.1. The fraction of sp³-hybridized carbons (Fsp3) is 0.158. The lowest BCUT2D eigenvalue weighted by Gasteiger charge is -2.19. The fourth-order valence-electron chi connectivity index (χ4n) is 2.69. The highest BCUT2D eigenvalue weighted by Gasteiger charge is 2.19. The molecular formula is C19H14Cl2N2S2. The Hall–Kier alpha value is -1.20. The zero-order chi connectivity index (χ0) is 17.4. The Labute approximate surface area is 165 Å². The Bertz CT molecular complexity index is 960. The molecule has 0 radical (unpaired) electrons. The van der Waals surface area contributed by atoms with Crippen LogP contribution >= 0.6 is 46.7 Å². The second-order valence-corrected chi connectivity index (χ2v) is 8.64. The third-order valence-electron chi connectivity index (χ3n) is 3.99. The van der Waals surface area contributed by atoms with E-state index in [9.17, 15) is 0 Å². The average Bonchev–Trinajstić information content (AvgIpc) is 2.61. The van der Waals surface area contributed by atoms with Gasteiger partial charge in [-0.25, -0.2) is 9.97 Å². The summed E-state index contributed by atoms with van der Waals surface area (Å²) < 4.78 is 0. The molecule has 1 aromatic heterocycles. The van der Waals surface area contributed by atoms with Crippen LogP contribution in [0.15, 0.2) is 52.6 Å². The number of fused-ring (bicyclic) bond motifs is 3. The number of rotatable bonds is 3. The van der Waals surface area contributed by atoms with Crippen molar-refractivity contribution in [1.82, 2.24) is 9.97 Å². The number of benzene rings is 2. The summed E-state index contributed by atoms with van der Waals surface area (Å²) in [6, 6.07) is 12.1. The second-order valence-electron chi connectivity index (χ2n) is 5.84. The van der Waals surface area contributed by atoms with Crippen molar-refractivity contribution in [3.05, 3.63) is 69.3 Å². The van der Waals surface area contributed by atoms with Gasteiger partial charge in [-0.3, -0.25) is 0 Å². The molecule has 0 spiro atoms. The third-order valence-corrected chi connectivity index (χ3v) is 6.61. The highest BCUT2D eigenvalue weighted by atomic mass is 35.5. The molecule has 0 fully saturated rings. The van der Waals surface area contributed by atoms with Gasteiger partial charge >= 0.3 is 0 Å². The summed E-state index contributed by atoms with van der Waals surface area (Å²) in [5.74, 6) is 1.63. The van der Waals surface area contributed by atoms with E-state index < -0.39 is 0 Å². The minimum atomic E-state index is 0.647. The van der Waals surface area contributed by atoms with E-state index in [1.807, 2.05) is 30.1 Å². The van der Waals surface area contributed by atoms with Crippen LogP contribution in [0.3, 0.4) is 0 Å². The number of aryl methyl sites for hydroxylation is 1. The first-order valence-electron chi connectivity index (χ1n) is 7.76. The molecule has 0 saturated heterocycles. The van der Waals surface area contributed by atoms with Gasteiger partial charge in [0.25, 0.3) is 0 Å². The standard InChI is InChI=1S/C19H14Cl2N2S2/c1-11-2-5-17-15(6-11)18-13(10-24-17)8-22-19(23-18)25-9-12-3-4-14(20)7-16(12)21/h2-8H,9-10H2,1H3. The molecule has 6 heteroatoms. The Morgan fingerprint density at radius 1 is 1.16 bits per heavy atom. The maximum atomic E-state index is 6.25. The molecule has 0 aliphatic carbocycles. The van der Waals surface area contributed by atoms with Gasteiger partial charge in [-0.2, -0.15) is 0 Å². The van der Waals surface area contributed by atoms with E-state index in [0.29, 0.717) is 15.8 Å². The average molecular weight is 405 g/mol. The fourth-order valence-corrected chi connectivity index (χ4v) is 5.06. The molecule has 2 nitrogen and oxygen atoms in total. The van der Waals surface area contributed by atoms with Crippen molar-refractivity contribution in [1.29, 1.82) is 0 Å². The SMILES string of the molecule is Cc1ccc2c(c1)-c1nc(SCc3ccc(Cl)cc3Cl)ncc1CS2. The molecule has 1 aliphatic heterocycles. The topological polar surface area (TPSA) is 25.8 Å². The Morgan fingerprint density at radius 2 is 2.04 bits per heavy atom. The summed E-state index contributed by atoms with van der Waals surface area (Å²) in [6.45, 7) is 2.11. The van der Waals surface area contributed by atoms with Gasteiger partial charge in [0.05, 0.1) is 5.69 Å². The highest BCUT2D eigenvalue weighted by molar-refractivity contribution is 7.99. The lowest BCUT2D eigenvalue weighted by Crippen LogP contribution is -2.02. The van der Waals surface area contributed by atoms with Gasteiger partial charge in [-0.05, 0) is 36.8 Å². The van der Waals surface area contributed by atoms with Crippen LogP contribution in [0.4, 0.5) is 0 Å². The van der Waals surface area contributed by atoms with Gasteiger partial charge < -0.3 is 0 Å². The van der Waals surface area contributed by atoms with E-state index in [0.717, 1.165) is 22.2 Å². The van der Waals surface area contributed by atoms with Crippen LogP contribution in [0.1, 0.15) is 16.7 Å². The van der Waals surface area contributed by atoms with Crippen molar-refractivity contribution in [2.24, 2.45) is 0 Å². The van der Waals surface area contributed by atoms with Crippen molar-refractivity contribution in [3.63, 3.8) is 0 Å². The molecule has 4 rings (SSSR count). The molecule has 3 aromatic rings. The molecule has 0 bridgehead atoms. The zero-order valence-electron chi connectivity index (χ0n) is 13.4. The number of aromatic nitrogens is 2. The first kappa shape index (κ1) is 17.2. The van der Waals surface area contributed by atoms with Crippen molar-refractivity contribution in [3.8, 4) is 11.3 Å². The van der Waals surface area contributed by atoms with Crippen molar-refractivity contribution in [2.45, 2.75) is 28.5 Å². The lowest BCUT2D eigenvalue weighted by molar-refractivity contribution is 0.946. The number of hydrogen-bond donors (Lipinski definition) is 0. The van der Waals surface area contributed by atoms with Gasteiger partial charge in [-0.1, -0.05) is 52.7 Å². The zero-order valence-corrected chi connectivity index (χ0v) is 16.6. The molecule has 0 saturated carbocycles. The van der Waals surface area contributed by atoms with Crippen LogP contribution in [-0.2, 0) is 11.5 Å². The molecule has 2 aromatic carbocycles. The molecular weight excluding hydrogens is 391 g/mol. The minimum Gasteiger partial charge on any atom is -0.231 e. The van der Waals surface area contributed by atoms with Crippen molar-refractivity contribution < 1.29 is 0 Å². The Morgan fingerprint density at radius 3 is 2.88 bits per heavy atom. The number of halogens is 2. The van der Waals surface area contributed by atoms with Crippen LogP contribution in [0, 0.1) is 6.92 Å². The quantitative estimate of drug-likeness (QED) is 0.360. The maximum Gasteiger partial charge on any atom is 0.188 e. The molecule has 0 atom stereocenters. The molecule has 126 valence electrons. The summed E-state index contributed by atoms with van der Waals surface area (Å²) in [4.78, 5) is 10.6. The Kier molecular flexibility index (Phi) is 4.96. The molecule has 2 heterocycles. The monoisotopic (exact) mass is 404 g/mol. The number of nitrogens with zero attached hydrogens (tertiary/aromatic N) is 2. The largest absolute Gasteiger partial charge is 0.231 e. The summed E-state index contributed by atoms with van der Waals surface area (Å²) in [6.07, 6.45) is 1.95. The summed E-state index contributed by atoms with van der Waals surface area (Å²) >= 11 is 15.6. The van der Waals surface area contributed by atoms with Gasteiger partial charge in [0.1, 0.15) is 0 Å². The summed E-state index contributed by atoms with van der Waals surface area (Å²) in [5, 5.41) is 2.09. The summed E-state index contributed by atoms with van der Waals surface area (Å²) in [5.41, 5.74) is 5.73. The molecule has 0 unspecified atom stereocenters. The predicted molar refractivity (Wildman–Crippen MR) is 108 cm³/mol. The minimum absolute atomic E-state index is 0.647. The Balaban J connectivity index is 1.62. The molecule has 1 aliphatic rings. The van der Waals surface area contributed by atoms with E-state index >= 15 is 0 Å². The predicted octanol–water partition coefficient (Wildman–Crippen LogP) is 6.66. The van der Waals surface area contributed by atoms with E-state index in [-0.39, 0.29) is 0 Å². The van der Waals surface area contributed by atoms with E-state index in [2.05, 4.69) is 30.1 Å². The second kappa shape index (κ2) is 7.20. The van der Waals surface area contributed by atoms with E-state index in [1.165, 1.54) is 21.6 Å². The summed E-state index contributed by atoms with van der Waals surface area (Å²) in [7, 11) is 0. The first-order valence-corrected chi connectivity index (χ1v) is 10.5. The lowest BCUT2D eigenvalue weighted by atomic mass is 10.1. The molecule has 25 heavy (non-hydrogen) atoms. The van der Waals surface area contributed by atoms with Gasteiger partial charge in [-0.15, -0.1) is 11.8 Å². The maximum absolute atomic E-state index is 6.25. The van der Waals surface area contributed by atoms with Crippen LogP contribution in [-0.4, -0.2) is 9.97 Å². The molecule has 0 amide bonds. The van der Waals surface area contributed by atoms with E-state index in [1.54, 1.807) is 17.8 Å². The van der Waals surface area contributed by atoms with Crippen LogP contribution in [0.25, 0.3) is 11.3 Å². The van der Waals surface area contributed by atoms with Gasteiger partial charge in [0.15, 0.2) is 5.16 Å². The normalized spacial score (nSPS) is 12.6. The van der Waals surface area contributed by atoms with Crippen LogP contribution in [0.5, 0.6) is 0 Å². The van der Waals surface area contributed by atoms with Gasteiger partial charge in [0.2, 0.25) is 0 Å². The highest BCUT2D eigenvalue weighted by Crippen LogP contribution is 2.41. The van der Waals surface area contributed by atoms with Crippen LogP contribution < -0.4 is 0 Å². The smallest absolute Gasteiger partial charge is 0.188 e. The van der Waals surface area contributed by atoms with Crippen molar-refractivity contribution >= 4 is 46.7 Å². The number of thioether (sulfide) groups is 2. The van der Waals surface area contributed by atoms with Gasteiger partial charge in [0, 0.05) is 43.8 Å². The molecule has 0 N–H and O–H groups in total. The van der Waals surface area contributed by atoms with Crippen LogP contribution in [0.2, 0.25) is 10.0 Å².